The van der Waals surface area contributed by atoms with Crippen molar-refractivity contribution in [3.8, 4) is 0 Å². The maximum Gasteiger partial charge on any atom is 0.254 e. The van der Waals surface area contributed by atoms with Gasteiger partial charge < -0.3 is 20.1 Å². The molecule has 2 N–H and O–H groups in total. The Balaban J connectivity index is 1.54. The third-order valence-corrected chi connectivity index (χ3v) is 5.55. The van der Waals surface area contributed by atoms with Crippen molar-refractivity contribution in [3.05, 3.63) is 70.8 Å². The smallest absolute Gasteiger partial charge is 0.254 e. The van der Waals surface area contributed by atoms with Crippen molar-refractivity contribution in [1.29, 1.82) is 0 Å². The van der Waals surface area contributed by atoms with Gasteiger partial charge in [0, 0.05) is 23.1 Å². The summed E-state index contributed by atoms with van der Waals surface area (Å²) in [5.41, 5.74) is 10.6. The van der Waals surface area contributed by atoms with Crippen LogP contribution in [0.1, 0.15) is 33.1 Å². The Bertz CT molecular complexity index is 1050. The number of hydrogen-bond acceptors (Lipinski definition) is 5. The van der Waals surface area contributed by atoms with Gasteiger partial charge in [0.15, 0.2) is 0 Å². The van der Waals surface area contributed by atoms with Crippen LogP contribution in [0.4, 0.5) is 5.82 Å². The number of aromatic nitrogens is 1. The second-order valence-corrected chi connectivity index (χ2v) is 7.18. The average Bonchev–Trinajstić information content (AvgIpc) is 3.25. The molecular weight excluding hydrogens is 354 g/mol. The molecule has 6 nitrogen and oxygen atoms in total. The second kappa shape index (κ2) is 6.89. The number of nitrogen functional groups attached to an aromatic ring is 1. The molecular formula is C22H21N3O3. The summed E-state index contributed by atoms with van der Waals surface area (Å²) in [4.78, 5) is 19.8. The number of anilines is 1. The van der Waals surface area contributed by atoms with E-state index in [0.29, 0.717) is 44.4 Å². The normalized spacial score (nSPS) is 19.0. The van der Waals surface area contributed by atoms with E-state index in [2.05, 4.69) is 4.98 Å². The average molecular weight is 375 g/mol. The summed E-state index contributed by atoms with van der Waals surface area (Å²) in [6.45, 7) is 2.59. The topological polar surface area (TPSA) is 77.7 Å². The maximum absolute atomic E-state index is 13.4. The Morgan fingerprint density at radius 1 is 1.07 bits per heavy atom. The van der Waals surface area contributed by atoms with Crippen LogP contribution >= 0.6 is 0 Å². The fourth-order valence-electron chi connectivity index (χ4n) is 4.07. The quantitative estimate of drug-likeness (QED) is 0.745. The second-order valence-electron chi connectivity index (χ2n) is 7.18. The van der Waals surface area contributed by atoms with Crippen LogP contribution in [0.25, 0.3) is 10.9 Å². The van der Waals surface area contributed by atoms with Crippen molar-refractivity contribution in [3.63, 3.8) is 0 Å². The molecule has 3 aromatic rings. The predicted molar refractivity (Wildman–Crippen MR) is 106 cm³/mol. The van der Waals surface area contributed by atoms with E-state index in [9.17, 15) is 4.79 Å². The molecule has 0 saturated carbocycles. The molecule has 2 aliphatic rings. The van der Waals surface area contributed by atoms with Crippen LogP contribution in [0.3, 0.4) is 0 Å². The largest absolute Gasteiger partial charge is 0.383 e. The van der Waals surface area contributed by atoms with Gasteiger partial charge in [-0.3, -0.25) is 4.79 Å². The van der Waals surface area contributed by atoms with E-state index in [4.69, 9.17) is 15.2 Å². The summed E-state index contributed by atoms with van der Waals surface area (Å²) in [7, 11) is 0. The van der Waals surface area contributed by atoms with Crippen molar-refractivity contribution in [2.24, 2.45) is 0 Å². The van der Waals surface area contributed by atoms with Gasteiger partial charge in [-0.25, -0.2) is 4.98 Å². The third kappa shape index (κ3) is 2.82. The number of morpholine rings is 1. The zero-order valence-electron chi connectivity index (χ0n) is 15.4. The Morgan fingerprint density at radius 3 is 2.75 bits per heavy atom. The molecule has 1 aromatic heterocycles. The molecule has 6 heteroatoms. The summed E-state index contributed by atoms with van der Waals surface area (Å²) in [6, 6.07) is 15.6. The minimum absolute atomic E-state index is 0.00328. The van der Waals surface area contributed by atoms with E-state index in [1.165, 1.54) is 0 Å². The van der Waals surface area contributed by atoms with Crippen molar-refractivity contribution in [2.75, 3.05) is 25.5 Å². The molecule has 3 heterocycles. The first-order valence-electron chi connectivity index (χ1n) is 9.45. The summed E-state index contributed by atoms with van der Waals surface area (Å²) in [5, 5.41) is 0.942. The van der Waals surface area contributed by atoms with Gasteiger partial charge in [0.2, 0.25) is 0 Å². The first-order chi connectivity index (χ1) is 13.7. The molecule has 0 spiro atoms. The number of benzene rings is 2. The highest BCUT2D eigenvalue weighted by Gasteiger charge is 2.30. The number of hydrogen-bond donors (Lipinski definition) is 1. The van der Waals surface area contributed by atoms with Gasteiger partial charge in [-0.05, 0) is 29.3 Å². The molecule has 0 unspecified atom stereocenters. The highest BCUT2D eigenvalue weighted by molar-refractivity contribution is 5.99. The van der Waals surface area contributed by atoms with E-state index in [-0.39, 0.29) is 11.9 Å². The van der Waals surface area contributed by atoms with Crippen LogP contribution in [0, 0.1) is 0 Å². The highest BCUT2D eigenvalue weighted by atomic mass is 16.5. The fraction of sp³-hybridized carbons (Fsp3) is 0.273. The predicted octanol–water partition coefficient (Wildman–Crippen LogP) is 3.06. The fourth-order valence-corrected chi connectivity index (χ4v) is 4.07. The van der Waals surface area contributed by atoms with Crippen LogP contribution < -0.4 is 5.73 Å². The number of ether oxygens (including phenoxy) is 2. The highest BCUT2D eigenvalue weighted by Crippen LogP contribution is 2.32. The first kappa shape index (κ1) is 17.2. The lowest BCUT2D eigenvalue weighted by molar-refractivity contribution is -0.00268. The van der Waals surface area contributed by atoms with Crippen molar-refractivity contribution < 1.29 is 14.3 Å². The summed E-state index contributed by atoms with van der Waals surface area (Å²) >= 11 is 0. The van der Waals surface area contributed by atoms with Gasteiger partial charge in [-0.15, -0.1) is 0 Å². The third-order valence-electron chi connectivity index (χ3n) is 5.55. The Kier molecular flexibility index (Phi) is 4.22. The van der Waals surface area contributed by atoms with Crippen LogP contribution in [0.2, 0.25) is 0 Å². The molecule has 0 radical (unpaired) electrons. The zero-order chi connectivity index (χ0) is 19.1. The van der Waals surface area contributed by atoms with E-state index in [1.54, 1.807) is 0 Å². The number of fused-ring (bicyclic) bond motifs is 3. The van der Waals surface area contributed by atoms with Crippen LogP contribution in [-0.2, 0) is 22.7 Å². The lowest BCUT2D eigenvalue weighted by Crippen LogP contribution is -2.43. The van der Waals surface area contributed by atoms with Gasteiger partial charge in [-0.1, -0.05) is 30.3 Å². The van der Waals surface area contributed by atoms with Gasteiger partial charge in [0.05, 0.1) is 38.0 Å². The summed E-state index contributed by atoms with van der Waals surface area (Å²) in [6.07, 6.45) is 0. The number of nitrogens with zero attached hydrogens (tertiary/aromatic N) is 2. The molecule has 1 fully saturated rings. The summed E-state index contributed by atoms with van der Waals surface area (Å²) in [5.74, 6) is 0.514. The lowest BCUT2D eigenvalue weighted by atomic mass is 10.0. The molecule has 1 amide bonds. The van der Waals surface area contributed by atoms with Crippen LogP contribution in [-0.4, -0.2) is 35.5 Å². The Morgan fingerprint density at radius 2 is 1.89 bits per heavy atom. The van der Waals surface area contributed by atoms with Gasteiger partial charge in [0.1, 0.15) is 5.82 Å². The van der Waals surface area contributed by atoms with E-state index < -0.39 is 0 Å². The monoisotopic (exact) mass is 375 g/mol. The van der Waals surface area contributed by atoms with Crippen LogP contribution in [0.5, 0.6) is 0 Å². The Labute approximate surface area is 162 Å². The van der Waals surface area contributed by atoms with E-state index in [0.717, 1.165) is 27.6 Å². The number of carbonyl (C=O) groups excluding carboxylic acids is 1. The first-order valence-corrected chi connectivity index (χ1v) is 9.45. The molecule has 0 bridgehead atoms. The number of nitrogens with two attached hydrogens (primary N) is 1. The minimum atomic E-state index is -0.0864. The number of carbonyl (C=O) groups is 1. The Hall–Kier alpha value is -2.96. The van der Waals surface area contributed by atoms with Crippen LogP contribution in [0.15, 0.2) is 48.5 Å². The van der Waals surface area contributed by atoms with Crippen molar-refractivity contribution in [1.82, 2.24) is 9.88 Å². The minimum Gasteiger partial charge on any atom is -0.383 e. The van der Waals surface area contributed by atoms with Crippen molar-refractivity contribution >= 4 is 22.6 Å². The number of amides is 1. The molecule has 2 aliphatic heterocycles. The molecule has 1 atom stereocenters. The number of pyridine rings is 1. The van der Waals surface area contributed by atoms with E-state index in [1.807, 2.05) is 53.4 Å². The lowest BCUT2D eigenvalue weighted by Gasteiger charge is -2.36. The zero-order valence-corrected chi connectivity index (χ0v) is 15.4. The molecule has 5 rings (SSSR count). The SMILES string of the molecule is Nc1nc2ccc(C(=O)N3CCOC[C@@H]3c3ccccc3)cc2c2c1COC2. The molecule has 28 heavy (non-hydrogen) atoms. The van der Waals surface area contributed by atoms with Crippen molar-refractivity contribution in [2.45, 2.75) is 19.3 Å². The molecule has 1 saturated heterocycles. The maximum atomic E-state index is 13.4. The summed E-state index contributed by atoms with van der Waals surface area (Å²) < 4.78 is 11.2. The molecule has 0 aliphatic carbocycles. The van der Waals surface area contributed by atoms with Gasteiger partial charge in [-0.2, -0.15) is 0 Å². The number of rotatable bonds is 2. The molecule has 2 aromatic carbocycles. The van der Waals surface area contributed by atoms with E-state index >= 15 is 0 Å². The van der Waals surface area contributed by atoms with Gasteiger partial charge >= 0.3 is 0 Å². The standard InChI is InChI=1S/C22H21N3O3/c23-21-18-12-28-11-17(18)16-10-15(6-7-19(16)24-21)22(26)25-8-9-27-13-20(25)14-4-2-1-3-5-14/h1-7,10,20H,8-9,11-13H2,(H2,23,24)/t20-/m1/s1. The molecule has 142 valence electrons. The van der Waals surface area contributed by atoms with Gasteiger partial charge in [0.25, 0.3) is 5.91 Å².